The molecule has 1 aromatic rings. The number of hydrogen-bond donors (Lipinski definition) is 1. The number of H-pyrrole nitrogens is 1. The lowest BCUT2D eigenvalue weighted by Gasteiger charge is -2.09. The topological polar surface area (TPSA) is 55.0 Å². The van der Waals surface area contributed by atoms with Crippen molar-refractivity contribution in [1.82, 2.24) is 9.97 Å². The Kier molecular flexibility index (Phi) is 3.98. The van der Waals surface area contributed by atoms with Gasteiger partial charge in [-0.3, -0.25) is 0 Å². The minimum absolute atomic E-state index is 0.134. The van der Waals surface area contributed by atoms with Crippen molar-refractivity contribution in [2.75, 3.05) is 7.11 Å². The Labute approximate surface area is 101 Å². The summed E-state index contributed by atoms with van der Waals surface area (Å²) in [5, 5.41) is 0. The van der Waals surface area contributed by atoms with E-state index < -0.39 is 5.97 Å². The normalized spacial score (nSPS) is 10.5. The van der Waals surface area contributed by atoms with Gasteiger partial charge in [0.1, 0.15) is 4.64 Å². The molecule has 0 saturated heterocycles. The van der Waals surface area contributed by atoms with E-state index in [-0.39, 0.29) is 11.7 Å². The Hall–Kier alpha value is -0.750. The number of esters is 1. The molecule has 4 nitrogen and oxygen atoms in total. The third-order valence-corrected chi connectivity index (χ3v) is 3.21. The molecule has 0 amide bonds. The Bertz CT molecular complexity index is 442. The van der Waals surface area contributed by atoms with Crippen molar-refractivity contribution in [2.24, 2.45) is 0 Å². The van der Waals surface area contributed by atoms with Crippen molar-refractivity contribution < 1.29 is 9.53 Å². The molecule has 1 rings (SSSR count). The Morgan fingerprint density at radius 2 is 2.20 bits per heavy atom. The highest BCUT2D eigenvalue weighted by molar-refractivity contribution is 9.10. The molecular weight excluding hydrogens is 280 g/mol. The maximum atomic E-state index is 11.3. The molecule has 0 bridgehead atoms. The fourth-order valence-corrected chi connectivity index (χ4v) is 1.91. The summed E-state index contributed by atoms with van der Waals surface area (Å²) in [5.74, 6) is -0.169. The molecule has 0 aromatic carbocycles. The second-order valence-corrected chi connectivity index (χ2v) is 4.44. The molecule has 1 aromatic heterocycles. The van der Waals surface area contributed by atoms with Crippen LogP contribution in [0.5, 0.6) is 0 Å². The summed E-state index contributed by atoms with van der Waals surface area (Å²) in [5.41, 5.74) is 0.843. The fraction of sp³-hybridized carbons (Fsp3) is 0.444. The molecule has 0 saturated carbocycles. The Morgan fingerprint density at radius 1 is 1.60 bits per heavy atom. The molecule has 82 valence electrons. The Morgan fingerprint density at radius 3 is 2.67 bits per heavy atom. The first-order valence-electron chi connectivity index (χ1n) is 4.35. The van der Waals surface area contributed by atoms with Gasteiger partial charge in [-0.05, 0) is 21.8 Å². The highest BCUT2D eigenvalue weighted by Crippen LogP contribution is 2.23. The molecule has 0 atom stereocenters. The van der Waals surface area contributed by atoms with Gasteiger partial charge in [0.25, 0.3) is 0 Å². The van der Waals surface area contributed by atoms with Crippen molar-refractivity contribution in [3.8, 4) is 0 Å². The zero-order valence-electron chi connectivity index (χ0n) is 8.63. The van der Waals surface area contributed by atoms with Gasteiger partial charge in [0, 0.05) is 5.69 Å². The van der Waals surface area contributed by atoms with E-state index in [9.17, 15) is 4.79 Å². The van der Waals surface area contributed by atoms with Crippen LogP contribution < -0.4 is 0 Å². The minimum Gasteiger partial charge on any atom is -0.463 e. The van der Waals surface area contributed by atoms with E-state index in [0.29, 0.717) is 4.64 Å². The van der Waals surface area contributed by atoms with Gasteiger partial charge in [-0.1, -0.05) is 26.1 Å². The summed E-state index contributed by atoms with van der Waals surface area (Å²) in [6, 6.07) is 0. The number of hydrogen-bond acceptors (Lipinski definition) is 4. The van der Waals surface area contributed by atoms with Crippen LogP contribution in [-0.2, 0) is 4.74 Å². The summed E-state index contributed by atoms with van der Waals surface area (Å²) < 4.78 is 5.65. The first kappa shape index (κ1) is 12.3. The van der Waals surface area contributed by atoms with Crippen LogP contribution in [0.3, 0.4) is 0 Å². The molecular formula is C9H11BrN2O2S. The number of nitrogens with one attached hydrogen (secondary N) is 1. The van der Waals surface area contributed by atoms with Crippen LogP contribution in [0.2, 0.25) is 0 Å². The smallest absolute Gasteiger partial charge is 0.374 e. The largest absolute Gasteiger partial charge is 0.463 e. The van der Waals surface area contributed by atoms with Gasteiger partial charge in [0.15, 0.2) is 0 Å². The van der Waals surface area contributed by atoms with Gasteiger partial charge in [0.2, 0.25) is 5.82 Å². The summed E-state index contributed by atoms with van der Waals surface area (Å²) in [6.45, 7) is 3.98. The molecule has 0 radical (unpaired) electrons. The van der Waals surface area contributed by atoms with Gasteiger partial charge >= 0.3 is 5.97 Å². The fourth-order valence-electron chi connectivity index (χ4n) is 1.07. The van der Waals surface area contributed by atoms with Crippen LogP contribution in [0, 0.1) is 4.64 Å². The van der Waals surface area contributed by atoms with Crippen LogP contribution >= 0.6 is 28.1 Å². The molecule has 6 heteroatoms. The molecule has 1 N–H and O–H groups in total. The van der Waals surface area contributed by atoms with Crippen LogP contribution in [0.25, 0.3) is 0 Å². The van der Waals surface area contributed by atoms with Gasteiger partial charge < -0.3 is 9.72 Å². The van der Waals surface area contributed by atoms with E-state index in [4.69, 9.17) is 12.2 Å². The maximum absolute atomic E-state index is 11.3. The number of rotatable bonds is 2. The van der Waals surface area contributed by atoms with Crippen molar-refractivity contribution in [2.45, 2.75) is 19.8 Å². The molecule has 15 heavy (non-hydrogen) atoms. The number of carbonyl (C=O) groups excluding carboxylic acids is 1. The van der Waals surface area contributed by atoms with E-state index in [1.165, 1.54) is 7.11 Å². The molecule has 1 heterocycles. The summed E-state index contributed by atoms with van der Waals surface area (Å²) >= 11 is 8.36. The number of aromatic nitrogens is 2. The molecule has 0 unspecified atom stereocenters. The third kappa shape index (κ3) is 2.63. The molecule has 0 aliphatic carbocycles. The first-order valence-corrected chi connectivity index (χ1v) is 5.55. The Balaban J connectivity index is 3.36. The zero-order valence-corrected chi connectivity index (χ0v) is 11.0. The summed E-state index contributed by atoms with van der Waals surface area (Å²) in [4.78, 5) is 18.1. The number of carbonyl (C=O) groups is 1. The number of nitrogens with zero attached hydrogens (tertiary/aromatic N) is 1. The summed E-state index contributed by atoms with van der Waals surface area (Å²) in [6.07, 6.45) is 0. The van der Waals surface area contributed by atoms with Crippen molar-refractivity contribution in [3.05, 3.63) is 20.6 Å². The van der Waals surface area contributed by atoms with E-state index in [2.05, 4.69) is 30.6 Å². The van der Waals surface area contributed by atoms with Crippen molar-refractivity contribution in [3.63, 3.8) is 0 Å². The van der Waals surface area contributed by atoms with Crippen LogP contribution in [0.1, 0.15) is 36.1 Å². The average Bonchev–Trinajstić information content (AvgIpc) is 2.20. The predicted molar refractivity (Wildman–Crippen MR) is 62.6 cm³/mol. The quantitative estimate of drug-likeness (QED) is 0.672. The molecule has 0 fully saturated rings. The van der Waals surface area contributed by atoms with Gasteiger partial charge in [-0.2, -0.15) is 0 Å². The van der Waals surface area contributed by atoms with E-state index in [1.54, 1.807) is 0 Å². The van der Waals surface area contributed by atoms with Gasteiger partial charge in [-0.25, -0.2) is 9.78 Å². The van der Waals surface area contributed by atoms with Crippen LogP contribution in [0.4, 0.5) is 0 Å². The van der Waals surface area contributed by atoms with Crippen LogP contribution in [-0.4, -0.2) is 23.0 Å². The lowest BCUT2D eigenvalue weighted by molar-refractivity contribution is 0.0586. The highest BCUT2D eigenvalue weighted by atomic mass is 79.9. The predicted octanol–water partition coefficient (Wildman–Crippen LogP) is 2.81. The summed E-state index contributed by atoms with van der Waals surface area (Å²) in [7, 11) is 1.30. The molecule has 0 aliphatic heterocycles. The van der Waals surface area contributed by atoms with Gasteiger partial charge in [-0.15, -0.1) is 0 Å². The van der Waals surface area contributed by atoms with Crippen LogP contribution in [0.15, 0.2) is 4.47 Å². The SMILES string of the molecule is COC(=O)c1nc(=S)c(Br)c(C(C)C)[nH]1. The zero-order chi connectivity index (χ0) is 11.6. The van der Waals surface area contributed by atoms with E-state index in [1.807, 2.05) is 13.8 Å². The lowest BCUT2D eigenvalue weighted by Crippen LogP contribution is -2.10. The average molecular weight is 291 g/mol. The minimum atomic E-state index is -0.518. The first-order chi connectivity index (χ1) is 6.97. The highest BCUT2D eigenvalue weighted by Gasteiger charge is 2.14. The monoisotopic (exact) mass is 290 g/mol. The van der Waals surface area contributed by atoms with Gasteiger partial charge in [0.05, 0.1) is 11.6 Å². The lowest BCUT2D eigenvalue weighted by atomic mass is 10.1. The number of aromatic amines is 1. The number of ether oxygens (including phenoxy) is 1. The van der Waals surface area contributed by atoms with E-state index in [0.717, 1.165) is 10.2 Å². The van der Waals surface area contributed by atoms with Crippen molar-refractivity contribution in [1.29, 1.82) is 0 Å². The van der Waals surface area contributed by atoms with Crippen molar-refractivity contribution >= 4 is 34.1 Å². The number of methoxy groups -OCH3 is 1. The standard InChI is InChI=1S/C9H11BrN2O2S/c1-4(2)6-5(10)8(15)12-7(11-6)9(13)14-3/h4H,1-3H3,(H,11,12,15). The molecule has 0 spiro atoms. The molecule has 0 aliphatic rings. The van der Waals surface area contributed by atoms with E-state index >= 15 is 0 Å². The number of halogens is 1. The third-order valence-electron chi connectivity index (χ3n) is 1.85. The maximum Gasteiger partial charge on any atom is 0.374 e. The second-order valence-electron chi connectivity index (χ2n) is 3.26. The second kappa shape index (κ2) is 4.85.